The summed E-state index contributed by atoms with van der Waals surface area (Å²) in [6.45, 7) is 9.58. The van der Waals surface area contributed by atoms with Crippen LogP contribution in [0.4, 0.5) is 11.9 Å². The van der Waals surface area contributed by atoms with E-state index in [-0.39, 0.29) is 0 Å². The number of hydrogen-bond acceptors (Lipinski definition) is 6. The van der Waals surface area contributed by atoms with Gasteiger partial charge in [0, 0.05) is 19.6 Å². The van der Waals surface area contributed by atoms with E-state index in [1.54, 1.807) is 0 Å². The summed E-state index contributed by atoms with van der Waals surface area (Å²) in [4.78, 5) is 15.1. The molecule has 108 valence electrons. The van der Waals surface area contributed by atoms with Crippen molar-refractivity contribution in [3.63, 3.8) is 0 Å². The zero-order valence-corrected chi connectivity index (χ0v) is 12.6. The molecule has 0 aromatic carbocycles. The summed E-state index contributed by atoms with van der Waals surface area (Å²) in [5.41, 5.74) is 0. The van der Waals surface area contributed by atoms with Gasteiger partial charge in [0.25, 0.3) is 0 Å². The van der Waals surface area contributed by atoms with Crippen LogP contribution in [-0.4, -0.2) is 41.2 Å². The first kappa shape index (κ1) is 15.5. The molecule has 0 bridgehead atoms. The Morgan fingerprint density at radius 3 is 2.53 bits per heavy atom. The minimum absolute atomic E-state index is 0.374. The molecule has 1 N–H and O–H groups in total. The maximum Gasteiger partial charge on any atom is 0.323 e. The van der Waals surface area contributed by atoms with Gasteiger partial charge >= 0.3 is 6.01 Å². The van der Waals surface area contributed by atoms with Crippen molar-refractivity contribution in [2.45, 2.75) is 46.6 Å². The lowest BCUT2D eigenvalue weighted by molar-refractivity contribution is 0.312. The zero-order valence-electron chi connectivity index (χ0n) is 12.6. The number of rotatable bonds is 8. The van der Waals surface area contributed by atoms with Crippen LogP contribution in [0.25, 0.3) is 0 Å². The maximum atomic E-state index is 5.39. The van der Waals surface area contributed by atoms with Gasteiger partial charge in [0.2, 0.25) is 11.9 Å². The second-order valence-electron chi connectivity index (χ2n) is 4.45. The van der Waals surface area contributed by atoms with Crippen molar-refractivity contribution in [2.24, 2.45) is 0 Å². The third kappa shape index (κ3) is 4.54. The number of anilines is 2. The Kier molecular flexibility index (Phi) is 6.32. The molecule has 6 nitrogen and oxygen atoms in total. The Morgan fingerprint density at radius 2 is 1.95 bits per heavy atom. The van der Waals surface area contributed by atoms with Crippen LogP contribution >= 0.6 is 0 Å². The summed E-state index contributed by atoms with van der Waals surface area (Å²) in [7, 11) is 2.00. The highest BCUT2D eigenvalue weighted by Crippen LogP contribution is 2.17. The van der Waals surface area contributed by atoms with E-state index in [1.807, 2.05) is 20.9 Å². The highest BCUT2D eigenvalue weighted by atomic mass is 16.5. The van der Waals surface area contributed by atoms with Crippen LogP contribution in [0.15, 0.2) is 0 Å². The van der Waals surface area contributed by atoms with Crippen molar-refractivity contribution < 1.29 is 4.74 Å². The molecule has 1 aromatic rings. The predicted octanol–water partition coefficient (Wildman–Crippen LogP) is 2.33. The topological polar surface area (TPSA) is 63.2 Å². The molecule has 0 saturated carbocycles. The average molecular weight is 267 g/mol. The lowest BCUT2D eigenvalue weighted by Crippen LogP contribution is -2.30. The second-order valence-corrected chi connectivity index (χ2v) is 4.45. The van der Waals surface area contributed by atoms with Crippen LogP contribution in [0.5, 0.6) is 6.01 Å². The van der Waals surface area contributed by atoms with Gasteiger partial charge in [0.15, 0.2) is 0 Å². The first-order valence-corrected chi connectivity index (χ1v) is 6.97. The third-order valence-electron chi connectivity index (χ3n) is 2.89. The monoisotopic (exact) mass is 267 g/mol. The standard InChI is InChI=1S/C13H25N5O/c1-6-9-10(4)18(5)12-15-11(14-7-2)16-13(17-12)19-8-3/h10H,6-9H2,1-5H3,(H,14,15,16,17). The van der Waals surface area contributed by atoms with E-state index in [9.17, 15) is 0 Å². The fourth-order valence-corrected chi connectivity index (χ4v) is 1.74. The molecule has 0 radical (unpaired) electrons. The van der Waals surface area contributed by atoms with E-state index in [2.05, 4.69) is 39.0 Å². The SMILES string of the molecule is CCCC(C)N(C)c1nc(NCC)nc(OCC)n1. The zero-order chi connectivity index (χ0) is 14.3. The number of nitrogens with one attached hydrogen (secondary N) is 1. The number of aromatic nitrogens is 3. The van der Waals surface area contributed by atoms with E-state index < -0.39 is 0 Å². The molecule has 6 heteroatoms. The third-order valence-corrected chi connectivity index (χ3v) is 2.89. The van der Waals surface area contributed by atoms with E-state index in [0.29, 0.717) is 30.6 Å². The average Bonchev–Trinajstić information content (AvgIpc) is 2.38. The molecule has 1 aromatic heterocycles. The Hall–Kier alpha value is -1.59. The van der Waals surface area contributed by atoms with Gasteiger partial charge in [-0.25, -0.2) is 0 Å². The molecule has 0 amide bonds. The van der Waals surface area contributed by atoms with Crippen molar-refractivity contribution in [2.75, 3.05) is 30.4 Å². The van der Waals surface area contributed by atoms with Crippen molar-refractivity contribution in [1.29, 1.82) is 0 Å². The van der Waals surface area contributed by atoms with Crippen LogP contribution in [-0.2, 0) is 0 Å². The van der Waals surface area contributed by atoms with Gasteiger partial charge in [0.05, 0.1) is 6.61 Å². The maximum absolute atomic E-state index is 5.39. The van der Waals surface area contributed by atoms with E-state index in [0.717, 1.165) is 19.4 Å². The number of hydrogen-bond donors (Lipinski definition) is 1. The number of ether oxygens (including phenoxy) is 1. The molecule has 0 aliphatic rings. The molecule has 0 saturated heterocycles. The largest absolute Gasteiger partial charge is 0.464 e. The first-order valence-electron chi connectivity index (χ1n) is 6.97. The fourth-order valence-electron chi connectivity index (χ4n) is 1.74. The van der Waals surface area contributed by atoms with Crippen molar-refractivity contribution in [3.8, 4) is 6.01 Å². The van der Waals surface area contributed by atoms with Gasteiger partial charge in [-0.3, -0.25) is 0 Å². The number of nitrogens with zero attached hydrogens (tertiary/aromatic N) is 4. The minimum Gasteiger partial charge on any atom is -0.464 e. The predicted molar refractivity (Wildman–Crippen MR) is 77.9 cm³/mol. The van der Waals surface area contributed by atoms with Crippen molar-refractivity contribution >= 4 is 11.9 Å². The second kappa shape index (κ2) is 7.76. The molecule has 1 atom stereocenters. The summed E-state index contributed by atoms with van der Waals surface area (Å²) < 4.78 is 5.39. The summed E-state index contributed by atoms with van der Waals surface area (Å²) in [5.74, 6) is 1.21. The Labute approximate surface area is 115 Å². The van der Waals surface area contributed by atoms with Crippen LogP contribution in [0.2, 0.25) is 0 Å². The quantitative estimate of drug-likeness (QED) is 0.780. The molecule has 0 aliphatic heterocycles. The summed E-state index contributed by atoms with van der Waals surface area (Å²) >= 11 is 0. The molecular weight excluding hydrogens is 242 g/mol. The fraction of sp³-hybridized carbons (Fsp3) is 0.769. The van der Waals surface area contributed by atoms with E-state index in [4.69, 9.17) is 4.74 Å². The molecule has 0 spiro atoms. The Morgan fingerprint density at radius 1 is 1.21 bits per heavy atom. The molecule has 1 heterocycles. The Balaban J connectivity index is 2.96. The molecule has 1 unspecified atom stereocenters. The van der Waals surface area contributed by atoms with Gasteiger partial charge in [-0.2, -0.15) is 15.0 Å². The lowest BCUT2D eigenvalue weighted by atomic mass is 10.2. The molecule has 0 aliphatic carbocycles. The van der Waals surface area contributed by atoms with Crippen molar-refractivity contribution in [3.05, 3.63) is 0 Å². The van der Waals surface area contributed by atoms with Crippen molar-refractivity contribution in [1.82, 2.24) is 15.0 Å². The Bertz CT molecular complexity index is 361. The first-order chi connectivity index (χ1) is 9.12. The molecular formula is C13H25N5O. The van der Waals surface area contributed by atoms with E-state index >= 15 is 0 Å². The van der Waals surface area contributed by atoms with Gasteiger partial charge in [-0.15, -0.1) is 0 Å². The van der Waals surface area contributed by atoms with Crippen LogP contribution in [0.1, 0.15) is 40.5 Å². The minimum atomic E-state index is 0.374. The highest BCUT2D eigenvalue weighted by Gasteiger charge is 2.15. The summed E-state index contributed by atoms with van der Waals surface area (Å²) in [6.07, 6.45) is 2.23. The highest BCUT2D eigenvalue weighted by molar-refractivity contribution is 5.38. The lowest BCUT2D eigenvalue weighted by Gasteiger charge is -2.24. The van der Waals surface area contributed by atoms with E-state index in [1.165, 1.54) is 0 Å². The normalized spacial score (nSPS) is 12.1. The van der Waals surface area contributed by atoms with Gasteiger partial charge in [0.1, 0.15) is 0 Å². The summed E-state index contributed by atoms with van der Waals surface area (Å²) in [5, 5.41) is 3.10. The summed E-state index contributed by atoms with van der Waals surface area (Å²) in [6, 6.07) is 0.760. The smallest absolute Gasteiger partial charge is 0.323 e. The van der Waals surface area contributed by atoms with Gasteiger partial charge < -0.3 is 15.0 Å². The molecule has 0 fully saturated rings. The van der Waals surface area contributed by atoms with Crippen LogP contribution in [0.3, 0.4) is 0 Å². The molecule has 1 rings (SSSR count). The molecule has 19 heavy (non-hydrogen) atoms. The van der Waals surface area contributed by atoms with Crippen LogP contribution in [0, 0.1) is 0 Å². The van der Waals surface area contributed by atoms with Gasteiger partial charge in [-0.05, 0) is 27.2 Å². The van der Waals surface area contributed by atoms with Gasteiger partial charge in [-0.1, -0.05) is 13.3 Å². The van der Waals surface area contributed by atoms with Crippen LogP contribution < -0.4 is 15.0 Å².